The number of dihydropyridines is 1. The molecule has 0 saturated heterocycles. The summed E-state index contributed by atoms with van der Waals surface area (Å²) in [6, 6.07) is 6.16. The third kappa shape index (κ3) is 2.05. The SMILES string of the molecule is CNc1nc(C2=CC=CNC2)nc2c(C)cccc12. The van der Waals surface area contributed by atoms with Gasteiger partial charge in [-0.05, 0) is 30.8 Å². The van der Waals surface area contributed by atoms with E-state index in [0.717, 1.165) is 40.2 Å². The Balaban J connectivity index is 2.24. The molecule has 0 amide bonds. The summed E-state index contributed by atoms with van der Waals surface area (Å²) < 4.78 is 0. The van der Waals surface area contributed by atoms with Crippen LogP contribution in [0.15, 0.2) is 36.6 Å². The second kappa shape index (κ2) is 4.72. The lowest BCUT2D eigenvalue weighted by atomic mass is 10.1. The number of fused-ring (bicyclic) bond motifs is 1. The van der Waals surface area contributed by atoms with Gasteiger partial charge in [0.05, 0.1) is 5.52 Å². The first-order valence-electron chi connectivity index (χ1n) is 6.34. The van der Waals surface area contributed by atoms with Crippen molar-refractivity contribution in [1.82, 2.24) is 15.3 Å². The Hall–Kier alpha value is -2.36. The van der Waals surface area contributed by atoms with Gasteiger partial charge in [-0.25, -0.2) is 9.97 Å². The molecule has 3 rings (SSSR count). The fourth-order valence-electron chi connectivity index (χ4n) is 2.24. The van der Waals surface area contributed by atoms with Crippen molar-refractivity contribution in [2.45, 2.75) is 6.92 Å². The number of aryl methyl sites for hydroxylation is 1. The van der Waals surface area contributed by atoms with Crippen LogP contribution in [0.4, 0.5) is 5.82 Å². The zero-order valence-electron chi connectivity index (χ0n) is 11.1. The quantitative estimate of drug-likeness (QED) is 0.862. The molecule has 1 aromatic heterocycles. The summed E-state index contributed by atoms with van der Waals surface area (Å²) in [5.41, 5.74) is 3.27. The van der Waals surface area contributed by atoms with Crippen molar-refractivity contribution in [3.63, 3.8) is 0 Å². The maximum atomic E-state index is 4.71. The van der Waals surface area contributed by atoms with E-state index in [1.54, 1.807) is 0 Å². The number of para-hydroxylation sites is 1. The van der Waals surface area contributed by atoms with Crippen molar-refractivity contribution < 1.29 is 0 Å². The molecule has 4 heteroatoms. The van der Waals surface area contributed by atoms with E-state index >= 15 is 0 Å². The van der Waals surface area contributed by atoms with Crippen LogP contribution in [-0.2, 0) is 0 Å². The lowest BCUT2D eigenvalue weighted by Crippen LogP contribution is -2.14. The molecule has 0 fully saturated rings. The van der Waals surface area contributed by atoms with Crippen LogP contribution < -0.4 is 10.6 Å². The molecule has 1 aromatic carbocycles. The van der Waals surface area contributed by atoms with Crippen LogP contribution in [0.25, 0.3) is 16.5 Å². The van der Waals surface area contributed by atoms with Gasteiger partial charge in [0.1, 0.15) is 5.82 Å². The lowest BCUT2D eigenvalue weighted by Gasteiger charge is -2.13. The molecule has 1 aliphatic heterocycles. The molecular weight excluding hydrogens is 236 g/mol. The highest BCUT2D eigenvalue weighted by molar-refractivity contribution is 5.92. The molecule has 1 aliphatic rings. The Kier molecular flexibility index (Phi) is 2.91. The van der Waals surface area contributed by atoms with E-state index in [2.05, 4.69) is 34.7 Å². The molecule has 0 saturated carbocycles. The topological polar surface area (TPSA) is 49.8 Å². The van der Waals surface area contributed by atoms with Crippen LogP contribution in [-0.4, -0.2) is 23.6 Å². The average Bonchev–Trinajstić information content (AvgIpc) is 2.48. The summed E-state index contributed by atoms with van der Waals surface area (Å²) in [6.07, 6.45) is 5.95. The van der Waals surface area contributed by atoms with Gasteiger partial charge in [-0.2, -0.15) is 0 Å². The van der Waals surface area contributed by atoms with Gasteiger partial charge in [0.15, 0.2) is 5.82 Å². The van der Waals surface area contributed by atoms with Gasteiger partial charge >= 0.3 is 0 Å². The van der Waals surface area contributed by atoms with Crippen LogP contribution in [0.5, 0.6) is 0 Å². The van der Waals surface area contributed by atoms with Crippen molar-refractivity contribution in [2.24, 2.45) is 0 Å². The minimum absolute atomic E-state index is 0.761. The first-order valence-corrected chi connectivity index (χ1v) is 6.34. The van der Waals surface area contributed by atoms with Crippen molar-refractivity contribution in [2.75, 3.05) is 18.9 Å². The number of nitrogens with zero attached hydrogens (tertiary/aromatic N) is 2. The minimum atomic E-state index is 0.761. The maximum Gasteiger partial charge on any atom is 0.159 e. The predicted molar refractivity (Wildman–Crippen MR) is 78.9 cm³/mol. The highest BCUT2D eigenvalue weighted by Gasteiger charge is 2.12. The normalized spacial score (nSPS) is 14.1. The molecule has 0 atom stereocenters. The number of nitrogens with one attached hydrogen (secondary N) is 2. The first kappa shape index (κ1) is 11.7. The summed E-state index contributed by atoms with van der Waals surface area (Å²) >= 11 is 0. The third-order valence-corrected chi connectivity index (χ3v) is 3.26. The molecule has 0 spiro atoms. The van der Waals surface area contributed by atoms with Crippen LogP contribution in [0.2, 0.25) is 0 Å². The minimum Gasteiger partial charge on any atom is -0.387 e. The van der Waals surface area contributed by atoms with E-state index in [1.807, 2.05) is 31.5 Å². The molecule has 19 heavy (non-hydrogen) atoms. The van der Waals surface area contributed by atoms with Crippen LogP contribution in [0, 0.1) is 6.92 Å². The largest absolute Gasteiger partial charge is 0.387 e. The van der Waals surface area contributed by atoms with E-state index in [-0.39, 0.29) is 0 Å². The van der Waals surface area contributed by atoms with Crippen molar-refractivity contribution in [1.29, 1.82) is 0 Å². The van der Waals surface area contributed by atoms with Gasteiger partial charge in [-0.1, -0.05) is 18.2 Å². The Labute approximate surface area is 112 Å². The number of rotatable bonds is 2. The zero-order chi connectivity index (χ0) is 13.2. The fourth-order valence-corrected chi connectivity index (χ4v) is 2.24. The average molecular weight is 252 g/mol. The first-order chi connectivity index (χ1) is 9.29. The molecule has 0 bridgehead atoms. The Bertz CT molecular complexity index is 686. The van der Waals surface area contributed by atoms with Crippen LogP contribution in [0.3, 0.4) is 0 Å². The Morgan fingerprint density at radius 2 is 2.16 bits per heavy atom. The molecule has 96 valence electrons. The molecule has 2 N–H and O–H groups in total. The molecule has 0 aliphatic carbocycles. The second-order valence-electron chi connectivity index (χ2n) is 4.55. The highest BCUT2D eigenvalue weighted by Crippen LogP contribution is 2.25. The van der Waals surface area contributed by atoms with E-state index in [0.29, 0.717) is 0 Å². The van der Waals surface area contributed by atoms with Gasteiger partial charge in [0.2, 0.25) is 0 Å². The summed E-state index contributed by atoms with van der Waals surface area (Å²) in [6.45, 7) is 2.84. The number of aromatic nitrogens is 2. The van der Waals surface area contributed by atoms with E-state index < -0.39 is 0 Å². The monoisotopic (exact) mass is 252 g/mol. The molecule has 4 nitrogen and oxygen atoms in total. The number of allylic oxidation sites excluding steroid dienone is 2. The Morgan fingerprint density at radius 1 is 1.26 bits per heavy atom. The van der Waals surface area contributed by atoms with Crippen LogP contribution in [0.1, 0.15) is 11.4 Å². The zero-order valence-corrected chi connectivity index (χ0v) is 11.1. The lowest BCUT2D eigenvalue weighted by molar-refractivity contribution is 0.966. The number of anilines is 1. The summed E-state index contributed by atoms with van der Waals surface area (Å²) in [4.78, 5) is 9.33. The van der Waals surface area contributed by atoms with Gasteiger partial charge < -0.3 is 10.6 Å². The van der Waals surface area contributed by atoms with E-state index in [4.69, 9.17) is 4.98 Å². The van der Waals surface area contributed by atoms with Crippen molar-refractivity contribution in [3.8, 4) is 0 Å². The highest BCUT2D eigenvalue weighted by atomic mass is 15.0. The summed E-state index contributed by atoms with van der Waals surface area (Å²) in [7, 11) is 1.89. The number of benzene rings is 1. The van der Waals surface area contributed by atoms with Gasteiger partial charge in [0, 0.05) is 24.6 Å². The third-order valence-electron chi connectivity index (χ3n) is 3.26. The predicted octanol–water partition coefficient (Wildman–Crippen LogP) is 2.48. The number of hydrogen-bond acceptors (Lipinski definition) is 4. The van der Waals surface area contributed by atoms with Gasteiger partial charge in [-0.15, -0.1) is 0 Å². The van der Waals surface area contributed by atoms with E-state index in [1.165, 1.54) is 0 Å². The maximum absolute atomic E-state index is 4.71. The van der Waals surface area contributed by atoms with Gasteiger partial charge in [0.25, 0.3) is 0 Å². The second-order valence-corrected chi connectivity index (χ2v) is 4.55. The number of hydrogen-bond donors (Lipinski definition) is 2. The van der Waals surface area contributed by atoms with Crippen LogP contribution >= 0.6 is 0 Å². The standard InChI is InChI=1S/C15H16N4/c1-10-5-3-7-12-13(10)18-14(19-15(12)16-2)11-6-4-8-17-9-11/h3-8,17H,9H2,1-2H3,(H,16,18,19). The molecular formula is C15H16N4. The molecule has 2 aromatic rings. The molecule has 0 radical (unpaired) electrons. The fraction of sp³-hybridized carbons (Fsp3) is 0.200. The molecule has 0 unspecified atom stereocenters. The molecule has 2 heterocycles. The van der Waals surface area contributed by atoms with E-state index in [9.17, 15) is 0 Å². The summed E-state index contributed by atoms with van der Waals surface area (Å²) in [5, 5.41) is 7.41. The Morgan fingerprint density at radius 3 is 2.89 bits per heavy atom. The summed E-state index contributed by atoms with van der Waals surface area (Å²) in [5.74, 6) is 1.65. The van der Waals surface area contributed by atoms with Crippen molar-refractivity contribution in [3.05, 3.63) is 47.9 Å². The van der Waals surface area contributed by atoms with Gasteiger partial charge in [-0.3, -0.25) is 0 Å². The smallest absolute Gasteiger partial charge is 0.159 e. The van der Waals surface area contributed by atoms with Crippen molar-refractivity contribution >= 4 is 22.3 Å².